The predicted molar refractivity (Wildman–Crippen MR) is 112 cm³/mol. The van der Waals surface area contributed by atoms with Crippen LogP contribution in [0.2, 0.25) is 0 Å². The third-order valence-electron chi connectivity index (χ3n) is 9.94. The first kappa shape index (κ1) is 21.2. The molecule has 4 nitrogen and oxygen atoms in total. The Morgan fingerprint density at radius 2 is 1.55 bits per heavy atom. The molecule has 164 valence electrons. The van der Waals surface area contributed by atoms with E-state index < -0.39 is 0 Å². The van der Waals surface area contributed by atoms with Gasteiger partial charge in [0.05, 0.1) is 0 Å². The lowest BCUT2D eigenvalue weighted by molar-refractivity contribution is -0.164. The van der Waals surface area contributed by atoms with Crippen LogP contribution in [0.3, 0.4) is 0 Å². The van der Waals surface area contributed by atoms with E-state index in [1.54, 1.807) is 6.92 Å². The van der Waals surface area contributed by atoms with Crippen molar-refractivity contribution < 1.29 is 19.1 Å². The van der Waals surface area contributed by atoms with Gasteiger partial charge < -0.3 is 9.47 Å². The molecule has 0 aliphatic heterocycles. The van der Waals surface area contributed by atoms with E-state index in [0.29, 0.717) is 22.7 Å². The first-order valence-corrected chi connectivity index (χ1v) is 12.0. The molecule has 0 aromatic heterocycles. The van der Waals surface area contributed by atoms with E-state index in [-0.39, 0.29) is 24.1 Å². The van der Waals surface area contributed by atoms with Crippen LogP contribution in [0.4, 0.5) is 0 Å². The molecule has 0 saturated heterocycles. The van der Waals surface area contributed by atoms with E-state index in [4.69, 9.17) is 9.47 Å². The summed E-state index contributed by atoms with van der Waals surface area (Å²) in [5, 5.41) is 0. The Hall–Kier alpha value is -1.06. The Morgan fingerprint density at radius 1 is 0.862 bits per heavy atom. The molecule has 4 fully saturated rings. The average Bonchev–Trinajstić information content (AvgIpc) is 2.98. The molecule has 0 N–H and O–H groups in total. The van der Waals surface area contributed by atoms with Gasteiger partial charge in [-0.05, 0) is 99.2 Å². The second-order valence-corrected chi connectivity index (χ2v) is 11.2. The zero-order valence-electron chi connectivity index (χ0n) is 19.0. The van der Waals surface area contributed by atoms with Crippen LogP contribution in [0.5, 0.6) is 0 Å². The van der Waals surface area contributed by atoms with E-state index in [1.807, 2.05) is 0 Å². The molecule has 4 aliphatic rings. The van der Waals surface area contributed by atoms with Crippen LogP contribution in [0.1, 0.15) is 92.4 Å². The summed E-state index contributed by atoms with van der Waals surface area (Å²) in [6.45, 7) is 10.2. The molecule has 0 radical (unpaired) electrons. The van der Waals surface area contributed by atoms with Gasteiger partial charge in [-0.25, -0.2) is 0 Å². The fraction of sp³-hybridized carbons (Fsp3) is 0.920. The van der Waals surface area contributed by atoms with Gasteiger partial charge in [0.1, 0.15) is 12.2 Å². The van der Waals surface area contributed by atoms with Gasteiger partial charge in [-0.15, -0.1) is 0 Å². The molecule has 29 heavy (non-hydrogen) atoms. The van der Waals surface area contributed by atoms with Crippen molar-refractivity contribution in [1.82, 2.24) is 0 Å². The topological polar surface area (TPSA) is 52.6 Å². The molecule has 0 amide bonds. The summed E-state index contributed by atoms with van der Waals surface area (Å²) in [6.07, 6.45) is 11.2. The zero-order chi connectivity index (χ0) is 21.0. The maximum atomic E-state index is 11.5. The Kier molecular flexibility index (Phi) is 5.53. The molecule has 1 unspecified atom stereocenters. The van der Waals surface area contributed by atoms with Crippen LogP contribution in [-0.2, 0) is 19.1 Å². The van der Waals surface area contributed by atoms with Gasteiger partial charge >= 0.3 is 11.9 Å². The van der Waals surface area contributed by atoms with E-state index in [9.17, 15) is 9.59 Å². The first-order valence-electron chi connectivity index (χ1n) is 12.0. The number of hydrogen-bond donors (Lipinski definition) is 0. The SMILES string of the molecule is CC(=O)O[C@H]1CC[C@@]2(C)C(CC[C@H]3[C@@H]4CC[C@H]([C@@H](C)OC(C)=O)[C@@]4(C)CC[C@@H]32)C1. The molecule has 0 aromatic rings. The Morgan fingerprint density at radius 3 is 2.24 bits per heavy atom. The second kappa shape index (κ2) is 7.57. The normalized spacial score (nSPS) is 47.3. The fourth-order valence-corrected chi connectivity index (χ4v) is 8.72. The van der Waals surface area contributed by atoms with Gasteiger partial charge in [-0.2, -0.15) is 0 Å². The molecule has 0 spiro atoms. The number of ether oxygens (including phenoxy) is 2. The molecular formula is C25H40O4. The third-order valence-corrected chi connectivity index (χ3v) is 9.94. The summed E-state index contributed by atoms with van der Waals surface area (Å²) in [4.78, 5) is 23.0. The van der Waals surface area contributed by atoms with E-state index in [1.165, 1.54) is 51.9 Å². The van der Waals surface area contributed by atoms with Crippen molar-refractivity contribution >= 4 is 11.9 Å². The van der Waals surface area contributed by atoms with Crippen molar-refractivity contribution in [3.63, 3.8) is 0 Å². The smallest absolute Gasteiger partial charge is 0.302 e. The van der Waals surface area contributed by atoms with Gasteiger partial charge in [-0.1, -0.05) is 13.8 Å². The van der Waals surface area contributed by atoms with Crippen molar-refractivity contribution in [2.45, 2.75) is 105 Å². The molecule has 9 atom stereocenters. The summed E-state index contributed by atoms with van der Waals surface area (Å²) < 4.78 is 11.3. The van der Waals surface area contributed by atoms with E-state index in [0.717, 1.165) is 30.6 Å². The highest BCUT2D eigenvalue weighted by Crippen LogP contribution is 2.68. The number of hydrogen-bond acceptors (Lipinski definition) is 4. The highest BCUT2D eigenvalue weighted by atomic mass is 16.5. The molecule has 0 bridgehead atoms. The summed E-state index contributed by atoms with van der Waals surface area (Å²) >= 11 is 0. The molecule has 0 heterocycles. The quantitative estimate of drug-likeness (QED) is 0.581. The van der Waals surface area contributed by atoms with Crippen LogP contribution < -0.4 is 0 Å². The van der Waals surface area contributed by atoms with Crippen molar-refractivity contribution in [1.29, 1.82) is 0 Å². The maximum Gasteiger partial charge on any atom is 0.302 e. The lowest BCUT2D eigenvalue weighted by atomic mass is 9.44. The van der Waals surface area contributed by atoms with E-state index in [2.05, 4.69) is 20.8 Å². The van der Waals surface area contributed by atoms with Crippen LogP contribution in [-0.4, -0.2) is 24.1 Å². The molecular weight excluding hydrogens is 364 g/mol. The van der Waals surface area contributed by atoms with Gasteiger partial charge in [-0.3, -0.25) is 9.59 Å². The van der Waals surface area contributed by atoms with Gasteiger partial charge in [0, 0.05) is 19.8 Å². The van der Waals surface area contributed by atoms with Crippen molar-refractivity contribution in [2.75, 3.05) is 0 Å². The highest BCUT2D eigenvalue weighted by molar-refractivity contribution is 5.66. The van der Waals surface area contributed by atoms with Gasteiger partial charge in [0.2, 0.25) is 0 Å². The van der Waals surface area contributed by atoms with Crippen molar-refractivity contribution in [3.05, 3.63) is 0 Å². The molecule has 0 aromatic carbocycles. The maximum absolute atomic E-state index is 11.5. The molecule has 4 rings (SSSR count). The number of rotatable bonds is 3. The number of carbonyl (C=O) groups excluding carboxylic acids is 2. The lowest BCUT2D eigenvalue weighted by Crippen LogP contribution is -2.54. The largest absolute Gasteiger partial charge is 0.463 e. The Labute approximate surface area is 176 Å². The monoisotopic (exact) mass is 404 g/mol. The number of fused-ring (bicyclic) bond motifs is 5. The fourth-order valence-electron chi connectivity index (χ4n) is 8.72. The Balaban J connectivity index is 1.50. The minimum atomic E-state index is -0.143. The average molecular weight is 405 g/mol. The molecule has 4 heteroatoms. The number of esters is 2. The Bertz CT molecular complexity index is 659. The highest BCUT2D eigenvalue weighted by Gasteiger charge is 2.61. The minimum absolute atomic E-state index is 0.0325. The van der Waals surface area contributed by atoms with Gasteiger partial charge in [0.15, 0.2) is 0 Å². The summed E-state index contributed by atoms with van der Waals surface area (Å²) in [7, 11) is 0. The first-order chi connectivity index (χ1) is 13.6. The summed E-state index contributed by atoms with van der Waals surface area (Å²) in [5.74, 6) is 3.32. The minimum Gasteiger partial charge on any atom is -0.463 e. The summed E-state index contributed by atoms with van der Waals surface area (Å²) in [5.41, 5.74) is 0.717. The number of carbonyl (C=O) groups is 2. The van der Waals surface area contributed by atoms with Crippen molar-refractivity contribution in [2.24, 2.45) is 40.4 Å². The van der Waals surface area contributed by atoms with Gasteiger partial charge in [0.25, 0.3) is 0 Å². The van der Waals surface area contributed by atoms with Crippen LogP contribution in [0.25, 0.3) is 0 Å². The predicted octanol–water partition coefficient (Wildman–Crippen LogP) is 5.53. The van der Waals surface area contributed by atoms with Crippen molar-refractivity contribution in [3.8, 4) is 0 Å². The van der Waals surface area contributed by atoms with Crippen LogP contribution in [0.15, 0.2) is 0 Å². The molecule has 4 aliphatic carbocycles. The third kappa shape index (κ3) is 3.53. The van der Waals surface area contributed by atoms with E-state index >= 15 is 0 Å². The van der Waals surface area contributed by atoms with Crippen LogP contribution >= 0.6 is 0 Å². The van der Waals surface area contributed by atoms with Crippen LogP contribution in [0, 0.1) is 40.4 Å². The standard InChI is InChI=1S/C25H40O4/c1-15(28-16(2)26)21-8-9-22-20-7-6-18-14-19(29-17(3)27)10-12-24(18,4)23(20)11-13-25(21,22)5/h15,18-23H,6-14H2,1-5H3/t15-,18?,19+,20+,21-,22+,23+,24+,25-/m1/s1. The zero-order valence-corrected chi connectivity index (χ0v) is 19.0. The summed E-state index contributed by atoms with van der Waals surface area (Å²) in [6, 6.07) is 0. The lowest BCUT2D eigenvalue weighted by Gasteiger charge is -2.61. The second-order valence-electron chi connectivity index (χ2n) is 11.2. The molecule has 4 saturated carbocycles.